The van der Waals surface area contributed by atoms with Crippen LogP contribution in [-0.4, -0.2) is 5.11 Å². The van der Waals surface area contributed by atoms with Crippen LogP contribution in [0.2, 0.25) is 0 Å². The lowest BCUT2D eigenvalue weighted by molar-refractivity contribution is 0.471. The highest BCUT2D eigenvalue weighted by Crippen LogP contribution is 2.40. The van der Waals surface area contributed by atoms with E-state index in [0.717, 1.165) is 10.0 Å². The maximum Gasteiger partial charge on any atom is 0.129 e. The molecule has 14 heavy (non-hydrogen) atoms. The van der Waals surface area contributed by atoms with E-state index in [4.69, 9.17) is 5.73 Å². The third-order valence-electron chi connectivity index (χ3n) is 2.49. The molecule has 0 aliphatic heterocycles. The first-order valence-electron chi connectivity index (χ1n) is 4.42. The fourth-order valence-electron chi connectivity index (χ4n) is 1.46. The summed E-state index contributed by atoms with van der Waals surface area (Å²) in [6.07, 6.45) is 2.47. The van der Waals surface area contributed by atoms with Crippen molar-refractivity contribution in [3.05, 3.63) is 28.2 Å². The number of phenolic OH excluding ortho intramolecular Hbond substituents is 1. The lowest BCUT2D eigenvalue weighted by Gasteiger charge is -2.11. The summed E-state index contributed by atoms with van der Waals surface area (Å²) in [4.78, 5) is 0. The van der Waals surface area contributed by atoms with Crippen LogP contribution in [0.25, 0.3) is 0 Å². The summed E-state index contributed by atoms with van der Waals surface area (Å²) in [6.45, 7) is 0. The molecule has 0 unspecified atom stereocenters. The standard InChI is InChI=1S/C10H12BrNO.ClH/c11-8-5-7(3-4-9(8)13)10(12)6-1-2-6;/h3-6,10,13H,1-2,12H2;1H/t10-;/m0./s1. The summed E-state index contributed by atoms with van der Waals surface area (Å²) >= 11 is 3.28. The van der Waals surface area contributed by atoms with Crippen LogP contribution in [0.3, 0.4) is 0 Å². The van der Waals surface area contributed by atoms with Gasteiger partial charge in [0.1, 0.15) is 5.75 Å². The Kier molecular flexibility index (Phi) is 3.81. The van der Waals surface area contributed by atoms with E-state index in [2.05, 4.69) is 15.9 Å². The van der Waals surface area contributed by atoms with Gasteiger partial charge in [-0.25, -0.2) is 0 Å². The topological polar surface area (TPSA) is 46.2 Å². The quantitative estimate of drug-likeness (QED) is 0.873. The molecule has 1 fully saturated rings. The lowest BCUT2D eigenvalue weighted by Crippen LogP contribution is -2.11. The summed E-state index contributed by atoms with van der Waals surface area (Å²) in [5.41, 5.74) is 7.12. The first-order valence-corrected chi connectivity index (χ1v) is 5.22. The van der Waals surface area contributed by atoms with Crippen LogP contribution in [-0.2, 0) is 0 Å². The van der Waals surface area contributed by atoms with Crippen molar-refractivity contribution in [1.29, 1.82) is 0 Å². The van der Waals surface area contributed by atoms with Crippen molar-refractivity contribution in [2.24, 2.45) is 11.7 Å². The van der Waals surface area contributed by atoms with Gasteiger partial charge in [-0.1, -0.05) is 6.07 Å². The zero-order valence-electron chi connectivity index (χ0n) is 7.61. The van der Waals surface area contributed by atoms with E-state index >= 15 is 0 Å². The third kappa shape index (κ3) is 2.41. The van der Waals surface area contributed by atoms with Crippen LogP contribution in [0, 0.1) is 5.92 Å². The minimum atomic E-state index is 0. The molecule has 1 saturated carbocycles. The summed E-state index contributed by atoms with van der Waals surface area (Å²) in [7, 11) is 0. The minimum absolute atomic E-state index is 0. The van der Waals surface area contributed by atoms with Crippen molar-refractivity contribution < 1.29 is 5.11 Å². The van der Waals surface area contributed by atoms with E-state index in [1.807, 2.05) is 12.1 Å². The smallest absolute Gasteiger partial charge is 0.129 e. The van der Waals surface area contributed by atoms with Crippen LogP contribution < -0.4 is 5.73 Å². The molecule has 0 saturated heterocycles. The third-order valence-corrected chi connectivity index (χ3v) is 3.12. The number of phenols is 1. The molecule has 0 bridgehead atoms. The monoisotopic (exact) mass is 277 g/mol. The van der Waals surface area contributed by atoms with E-state index in [1.54, 1.807) is 6.07 Å². The Morgan fingerprint density at radius 1 is 1.43 bits per heavy atom. The van der Waals surface area contributed by atoms with Gasteiger partial charge in [0.25, 0.3) is 0 Å². The average molecular weight is 279 g/mol. The number of rotatable bonds is 2. The molecule has 1 aliphatic rings. The molecule has 2 nitrogen and oxygen atoms in total. The second-order valence-corrected chi connectivity index (χ2v) is 4.43. The Labute approximate surface area is 98.0 Å². The molecule has 78 valence electrons. The average Bonchev–Trinajstić information content (AvgIpc) is 2.91. The SMILES string of the molecule is Cl.N[C@H](c1ccc(O)c(Br)c1)C1CC1. The molecule has 1 atom stereocenters. The zero-order chi connectivity index (χ0) is 9.42. The second-order valence-electron chi connectivity index (χ2n) is 3.57. The first kappa shape index (κ1) is 11.8. The predicted molar refractivity (Wildman–Crippen MR) is 62.7 cm³/mol. The van der Waals surface area contributed by atoms with Crippen molar-refractivity contribution in [2.45, 2.75) is 18.9 Å². The van der Waals surface area contributed by atoms with Crippen LogP contribution in [0.15, 0.2) is 22.7 Å². The van der Waals surface area contributed by atoms with E-state index in [9.17, 15) is 5.11 Å². The van der Waals surface area contributed by atoms with Crippen molar-refractivity contribution in [3.8, 4) is 5.75 Å². The Morgan fingerprint density at radius 3 is 2.57 bits per heavy atom. The molecule has 0 aromatic heterocycles. The largest absolute Gasteiger partial charge is 0.507 e. The van der Waals surface area contributed by atoms with Gasteiger partial charge in [-0.2, -0.15) is 0 Å². The van der Waals surface area contributed by atoms with E-state index in [1.165, 1.54) is 12.8 Å². The zero-order valence-corrected chi connectivity index (χ0v) is 10.0. The van der Waals surface area contributed by atoms with Crippen molar-refractivity contribution in [1.82, 2.24) is 0 Å². The lowest BCUT2D eigenvalue weighted by atomic mass is 10.0. The Bertz CT molecular complexity index is 328. The molecule has 0 radical (unpaired) electrons. The van der Waals surface area contributed by atoms with Gasteiger partial charge >= 0.3 is 0 Å². The number of halogens is 2. The number of benzene rings is 1. The van der Waals surface area contributed by atoms with Crippen molar-refractivity contribution in [3.63, 3.8) is 0 Å². The number of aromatic hydroxyl groups is 1. The molecular formula is C10H13BrClNO. The maximum atomic E-state index is 9.29. The van der Waals surface area contributed by atoms with Crippen LogP contribution >= 0.6 is 28.3 Å². The van der Waals surface area contributed by atoms with Gasteiger partial charge < -0.3 is 10.8 Å². The fourth-order valence-corrected chi connectivity index (χ4v) is 1.85. The molecule has 2 rings (SSSR count). The normalized spacial score (nSPS) is 17.3. The predicted octanol–water partition coefficient (Wildman–Crippen LogP) is 2.99. The van der Waals surface area contributed by atoms with Gasteiger partial charge in [-0.05, 0) is 52.4 Å². The highest BCUT2D eigenvalue weighted by atomic mass is 79.9. The molecule has 1 aliphatic carbocycles. The van der Waals surface area contributed by atoms with E-state index in [-0.39, 0.29) is 24.2 Å². The number of hydrogen-bond acceptors (Lipinski definition) is 2. The summed E-state index contributed by atoms with van der Waals surface area (Å²) in [6, 6.07) is 5.61. The summed E-state index contributed by atoms with van der Waals surface area (Å²) < 4.78 is 0.723. The summed E-state index contributed by atoms with van der Waals surface area (Å²) in [5, 5.41) is 9.29. The Hall–Kier alpha value is -0.250. The number of nitrogens with two attached hydrogens (primary N) is 1. The van der Waals surface area contributed by atoms with Gasteiger partial charge in [0.2, 0.25) is 0 Å². The highest BCUT2D eigenvalue weighted by molar-refractivity contribution is 9.10. The molecule has 0 spiro atoms. The van der Waals surface area contributed by atoms with Crippen LogP contribution in [0.1, 0.15) is 24.4 Å². The van der Waals surface area contributed by atoms with Gasteiger partial charge in [-0.15, -0.1) is 12.4 Å². The molecule has 3 N–H and O–H groups in total. The van der Waals surface area contributed by atoms with E-state index in [0.29, 0.717) is 5.92 Å². The van der Waals surface area contributed by atoms with Gasteiger partial charge in [0.15, 0.2) is 0 Å². The first-order chi connectivity index (χ1) is 6.18. The van der Waals surface area contributed by atoms with Crippen molar-refractivity contribution in [2.75, 3.05) is 0 Å². The van der Waals surface area contributed by atoms with E-state index < -0.39 is 0 Å². The fraction of sp³-hybridized carbons (Fsp3) is 0.400. The van der Waals surface area contributed by atoms with Gasteiger partial charge in [-0.3, -0.25) is 0 Å². The molecule has 4 heteroatoms. The molecule has 1 aromatic rings. The number of hydrogen-bond donors (Lipinski definition) is 2. The maximum absolute atomic E-state index is 9.29. The van der Waals surface area contributed by atoms with Gasteiger partial charge in [0, 0.05) is 6.04 Å². The molecule has 0 heterocycles. The van der Waals surface area contributed by atoms with Gasteiger partial charge in [0.05, 0.1) is 4.47 Å². The molecular weight excluding hydrogens is 265 g/mol. The minimum Gasteiger partial charge on any atom is -0.507 e. The Balaban J connectivity index is 0.000000980. The van der Waals surface area contributed by atoms with Crippen LogP contribution in [0.5, 0.6) is 5.75 Å². The highest BCUT2D eigenvalue weighted by Gasteiger charge is 2.29. The van der Waals surface area contributed by atoms with Crippen molar-refractivity contribution >= 4 is 28.3 Å². The molecule has 0 amide bonds. The molecule has 1 aromatic carbocycles. The Morgan fingerprint density at radius 2 is 2.07 bits per heavy atom. The summed E-state index contributed by atoms with van der Waals surface area (Å²) in [5.74, 6) is 0.920. The second kappa shape index (κ2) is 4.51. The van der Waals surface area contributed by atoms with Crippen LogP contribution in [0.4, 0.5) is 0 Å².